The van der Waals surface area contributed by atoms with Crippen LogP contribution in [0, 0.1) is 0 Å². The maximum absolute atomic E-state index is 12.4. The van der Waals surface area contributed by atoms with Crippen molar-refractivity contribution < 1.29 is 27.5 Å². The average Bonchev–Trinajstić information content (AvgIpc) is 3.06. The van der Waals surface area contributed by atoms with E-state index in [2.05, 4.69) is 20.4 Å². The summed E-state index contributed by atoms with van der Waals surface area (Å²) in [6.07, 6.45) is -3.30. The molecule has 0 atom stereocenters. The van der Waals surface area contributed by atoms with Crippen LogP contribution in [0.4, 0.5) is 29.3 Å². The van der Waals surface area contributed by atoms with Gasteiger partial charge in [-0.2, -0.15) is 13.2 Å². The third-order valence-electron chi connectivity index (χ3n) is 3.68. The van der Waals surface area contributed by atoms with Crippen LogP contribution in [-0.2, 0) is 0 Å². The number of alkyl halides is 3. The van der Waals surface area contributed by atoms with Crippen LogP contribution in [0.5, 0.6) is 5.88 Å². The Morgan fingerprint density at radius 2 is 2.00 bits per heavy atom. The minimum atomic E-state index is -4.54. The van der Waals surface area contributed by atoms with Crippen LogP contribution in [0.15, 0.2) is 42.6 Å². The van der Waals surface area contributed by atoms with Gasteiger partial charge in [-0.15, -0.1) is 0 Å². The maximum Gasteiger partial charge on any atom is 0.422 e. The van der Waals surface area contributed by atoms with E-state index in [-0.39, 0.29) is 11.6 Å². The molecule has 1 aromatic heterocycles. The quantitative estimate of drug-likeness (QED) is 0.836. The first-order valence-corrected chi connectivity index (χ1v) is 7.95. The lowest BCUT2D eigenvalue weighted by Gasteiger charge is -2.15. The highest BCUT2D eigenvalue weighted by Crippen LogP contribution is 2.23. The van der Waals surface area contributed by atoms with Crippen LogP contribution in [0.3, 0.4) is 0 Å². The molecule has 3 rings (SSSR count). The molecule has 2 aromatic rings. The Hall–Kier alpha value is -3.30. The van der Waals surface area contributed by atoms with E-state index in [9.17, 15) is 22.8 Å². The molecule has 1 aliphatic rings. The molecule has 0 bridgehead atoms. The van der Waals surface area contributed by atoms with Crippen molar-refractivity contribution in [3.05, 3.63) is 48.2 Å². The number of rotatable bonds is 5. The highest BCUT2D eigenvalue weighted by molar-refractivity contribution is 6.06. The van der Waals surface area contributed by atoms with Gasteiger partial charge in [0.2, 0.25) is 5.88 Å². The first-order valence-electron chi connectivity index (χ1n) is 7.95. The number of aromatic nitrogens is 1. The van der Waals surface area contributed by atoms with E-state index in [0.29, 0.717) is 24.5 Å². The van der Waals surface area contributed by atoms with Crippen LogP contribution < -0.4 is 20.3 Å². The van der Waals surface area contributed by atoms with Crippen LogP contribution in [0.1, 0.15) is 10.4 Å². The fourth-order valence-corrected chi connectivity index (χ4v) is 2.47. The standard InChI is InChI=1S/C17H15F3N4O3/c18-17(19,20)10-27-15-13(2-1-7-21-15)14(25)23-11-3-5-12(6-4-11)24-9-8-22-16(24)26/h1-7H,8-10H2,(H,22,26)(H,23,25). The lowest BCUT2D eigenvalue weighted by atomic mass is 10.2. The Balaban J connectivity index is 1.69. The Labute approximate surface area is 152 Å². The first-order chi connectivity index (χ1) is 12.8. The van der Waals surface area contributed by atoms with Gasteiger partial charge < -0.3 is 15.4 Å². The predicted octanol–water partition coefficient (Wildman–Crippen LogP) is 2.80. The maximum atomic E-state index is 12.4. The zero-order valence-corrected chi connectivity index (χ0v) is 13.9. The molecule has 27 heavy (non-hydrogen) atoms. The molecular weight excluding hydrogens is 365 g/mol. The van der Waals surface area contributed by atoms with E-state index in [4.69, 9.17) is 0 Å². The molecule has 1 aliphatic heterocycles. The summed E-state index contributed by atoms with van der Waals surface area (Å²) >= 11 is 0. The van der Waals surface area contributed by atoms with E-state index in [1.165, 1.54) is 18.3 Å². The van der Waals surface area contributed by atoms with Gasteiger partial charge in [-0.25, -0.2) is 9.78 Å². The number of urea groups is 1. The highest BCUT2D eigenvalue weighted by atomic mass is 19.4. The summed E-state index contributed by atoms with van der Waals surface area (Å²) in [7, 11) is 0. The summed E-state index contributed by atoms with van der Waals surface area (Å²) < 4.78 is 41.6. The van der Waals surface area contributed by atoms with Crippen molar-refractivity contribution in [2.75, 3.05) is 29.9 Å². The minimum Gasteiger partial charge on any atom is -0.467 e. The summed E-state index contributed by atoms with van der Waals surface area (Å²) in [6, 6.07) is 9.03. The van der Waals surface area contributed by atoms with Gasteiger partial charge in [-0.3, -0.25) is 9.69 Å². The van der Waals surface area contributed by atoms with Gasteiger partial charge in [-0.1, -0.05) is 0 Å². The van der Waals surface area contributed by atoms with Crippen molar-refractivity contribution >= 4 is 23.3 Å². The van der Waals surface area contributed by atoms with Crippen molar-refractivity contribution in [3.63, 3.8) is 0 Å². The van der Waals surface area contributed by atoms with Crippen molar-refractivity contribution in [2.45, 2.75) is 6.18 Å². The smallest absolute Gasteiger partial charge is 0.422 e. The molecule has 10 heteroatoms. The number of hydrogen-bond acceptors (Lipinski definition) is 4. The zero-order chi connectivity index (χ0) is 19.4. The number of nitrogens with one attached hydrogen (secondary N) is 2. The van der Waals surface area contributed by atoms with Crippen molar-refractivity contribution in [1.82, 2.24) is 10.3 Å². The Morgan fingerprint density at radius 3 is 2.63 bits per heavy atom. The van der Waals surface area contributed by atoms with Crippen LogP contribution in [0.2, 0.25) is 0 Å². The van der Waals surface area contributed by atoms with E-state index in [0.717, 1.165) is 0 Å². The summed E-state index contributed by atoms with van der Waals surface area (Å²) in [5.41, 5.74) is 0.956. The number of ether oxygens (including phenoxy) is 1. The number of anilines is 2. The molecule has 0 spiro atoms. The molecule has 0 saturated carbocycles. The number of pyridine rings is 1. The average molecular weight is 380 g/mol. The van der Waals surface area contributed by atoms with Crippen molar-refractivity contribution in [2.24, 2.45) is 0 Å². The third-order valence-corrected chi connectivity index (χ3v) is 3.68. The predicted molar refractivity (Wildman–Crippen MR) is 90.9 cm³/mol. The Morgan fingerprint density at radius 1 is 1.26 bits per heavy atom. The molecule has 0 aliphatic carbocycles. The molecule has 0 radical (unpaired) electrons. The van der Waals surface area contributed by atoms with E-state index < -0.39 is 24.6 Å². The number of hydrogen-bond donors (Lipinski definition) is 2. The van der Waals surface area contributed by atoms with E-state index in [1.54, 1.807) is 29.2 Å². The van der Waals surface area contributed by atoms with Gasteiger partial charge in [0, 0.05) is 30.7 Å². The molecular formula is C17H15F3N4O3. The van der Waals surface area contributed by atoms with Crippen molar-refractivity contribution in [3.8, 4) is 5.88 Å². The van der Waals surface area contributed by atoms with Crippen LogP contribution in [-0.4, -0.2) is 42.8 Å². The lowest BCUT2D eigenvalue weighted by molar-refractivity contribution is -0.154. The highest BCUT2D eigenvalue weighted by Gasteiger charge is 2.29. The summed E-state index contributed by atoms with van der Waals surface area (Å²) in [5.74, 6) is -1.07. The number of carbonyl (C=O) groups is 2. The molecule has 0 unspecified atom stereocenters. The normalized spacial score (nSPS) is 14.0. The molecule has 1 aromatic carbocycles. The lowest BCUT2D eigenvalue weighted by Crippen LogP contribution is -2.27. The molecule has 2 N–H and O–H groups in total. The van der Waals surface area contributed by atoms with Gasteiger partial charge in [0.05, 0.1) is 0 Å². The fraction of sp³-hybridized carbons (Fsp3) is 0.235. The number of nitrogens with zero attached hydrogens (tertiary/aromatic N) is 2. The number of halogens is 3. The first kappa shape index (κ1) is 18.5. The second-order valence-corrected chi connectivity index (χ2v) is 5.64. The SMILES string of the molecule is O=C(Nc1ccc(N2CCNC2=O)cc1)c1cccnc1OCC(F)(F)F. The summed E-state index contributed by atoms with van der Waals surface area (Å²) in [4.78, 5) is 29.2. The molecule has 2 heterocycles. The third kappa shape index (κ3) is 4.66. The van der Waals surface area contributed by atoms with E-state index >= 15 is 0 Å². The fourth-order valence-electron chi connectivity index (χ4n) is 2.47. The van der Waals surface area contributed by atoms with Gasteiger partial charge in [0.15, 0.2) is 6.61 Å². The second-order valence-electron chi connectivity index (χ2n) is 5.64. The number of benzene rings is 1. The van der Waals surface area contributed by atoms with Gasteiger partial charge in [0.1, 0.15) is 5.56 Å². The Bertz CT molecular complexity index is 840. The zero-order valence-electron chi connectivity index (χ0n) is 13.9. The second kappa shape index (κ2) is 7.52. The van der Waals surface area contributed by atoms with Gasteiger partial charge in [-0.05, 0) is 36.4 Å². The summed E-state index contributed by atoms with van der Waals surface area (Å²) in [6.45, 7) is -0.448. The van der Waals surface area contributed by atoms with Crippen LogP contribution >= 0.6 is 0 Å². The molecule has 1 saturated heterocycles. The van der Waals surface area contributed by atoms with Crippen LogP contribution in [0.25, 0.3) is 0 Å². The summed E-state index contributed by atoms with van der Waals surface area (Å²) in [5, 5.41) is 5.25. The van der Waals surface area contributed by atoms with E-state index in [1.807, 2.05) is 0 Å². The van der Waals surface area contributed by atoms with Crippen molar-refractivity contribution in [1.29, 1.82) is 0 Å². The van der Waals surface area contributed by atoms with Gasteiger partial charge in [0.25, 0.3) is 5.91 Å². The molecule has 142 valence electrons. The largest absolute Gasteiger partial charge is 0.467 e. The van der Waals surface area contributed by atoms with Gasteiger partial charge >= 0.3 is 12.2 Å². The molecule has 3 amide bonds. The number of amides is 3. The minimum absolute atomic E-state index is 0.121. The molecule has 7 nitrogen and oxygen atoms in total. The Kier molecular flexibility index (Phi) is 5.15. The topological polar surface area (TPSA) is 83.6 Å². The molecule has 1 fully saturated rings. The monoisotopic (exact) mass is 380 g/mol. The number of carbonyl (C=O) groups excluding carboxylic acids is 2.